The fourth-order valence-electron chi connectivity index (χ4n) is 6.95. The Bertz CT molecular complexity index is 1220. The van der Waals surface area contributed by atoms with E-state index < -0.39 is 11.5 Å². The van der Waals surface area contributed by atoms with E-state index in [4.69, 9.17) is 0 Å². The molecule has 5 heterocycles. The number of aryl methyl sites for hydroxylation is 1. The van der Waals surface area contributed by atoms with Crippen molar-refractivity contribution >= 4 is 23.4 Å². The molecule has 36 heavy (non-hydrogen) atoms. The number of hydrogen-bond acceptors (Lipinski definition) is 5. The Morgan fingerprint density at radius 1 is 1.00 bits per heavy atom. The van der Waals surface area contributed by atoms with Crippen LogP contribution in [0.2, 0.25) is 0 Å². The number of carbonyl (C=O) groups is 3. The highest BCUT2D eigenvalue weighted by atomic mass is 16.2. The van der Waals surface area contributed by atoms with E-state index in [1.54, 1.807) is 6.07 Å². The highest BCUT2D eigenvalue weighted by Crippen LogP contribution is 2.57. The number of carbonyl (C=O) groups excluding carboxylic acids is 3. The maximum absolute atomic E-state index is 14.3. The number of para-hydroxylation sites is 1. The first-order chi connectivity index (χ1) is 17.5. The summed E-state index contributed by atoms with van der Waals surface area (Å²) in [5, 5.41) is 3.13. The van der Waals surface area contributed by atoms with Crippen molar-refractivity contribution in [2.75, 3.05) is 37.6 Å². The van der Waals surface area contributed by atoms with Gasteiger partial charge in [-0.2, -0.15) is 0 Å². The van der Waals surface area contributed by atoms with Crippen molar-refractivity contribution in [1.82, 2.24) is 20.1 Å². The Kier molecular flexibility index (Phi) is 5.79. The van der Waals surface area contributed by atoms with Crippen LogP contribution >= 0.6 is 0 Å². The molecule has 4 aliphatic heterocycles. The molecule has 0 saturated carbocycles. The number of benzene rings is 1. The molecular formula is C28H33N5O3. The van der Waals surface area contributed by atoms with Crippen LogP contribution in [-0.2, 0) is 15.1 Å². The summed E-state index contributed by atoms with van der Waals surface area (Å²) in [6.07, 6.45) is 4.11. The van der Waals surface area contributed by atoms with Gasteiger partial charge in [0.15, 0.2) is 0 Å². The average molecular weight is 488 g/mol. The van der Waals surface area contributed by atoms with E-state index in [0.717, 1.165) is 36.3 Å². The van der Waals surface area contributed by atoms with E-state index in [1.807, 2.05) is 53.1 Å². The second kappa shape index (κ2) is 9.00. The Morgan fingerprint density at radius 2 is 1.83 bits per heavy atom. The first-order valence-corrected chi connectivity index (χ1v) is 13.2. The first-order valence-electron chi connectivity index (χ1n) is 13.2. The second-order valence-corrected chi connectivity index (χ2v) is 10.5. The number of pyridine rings is 1. The summed E-state index contributed by atoms with van der Waals surface area (Å²) in [6.45, 7) is 4.76. The molecular weight excluding hydrogens is 454 g/mol. The van der Waals surface area contributed by atoms with E-state index in [-0.39, 0.29) is 23.8 Å². The molecule has 1 aromatic heterocycles. The summed E-state index contributed by atoms with van der Waals surface area (Å²) in [7, 11) is 0. The number of aromatic nitrogens is 1. The Morgan fingerprint density at radius 3 is 2.69 bits per heavy atom. The number of rotatable bonds is 1. The summed E-state index contributed by atoms with van der Waals surface area (Å²) in [4.78, 5) is 51.7. The highest BCUT2D eigenvalue weighted by Gasteiger charge is 2.66. The van der Waals surface area contributed by atoms with Crippen molar-refractivity contribution in [3.05, 3.63) is 59.4 Å². The predicted octanol–water partition coefficient (Wildman–Crippen LogP) is 2.47. The number of anilines is 1. The normalized spacial score (nSPS) is 28.5. The zero-order valence-electron chi connectivity index (χ0n) is 20.8. The third-order valence-corrected chi connectivity index (χ3v) is 8.44. The minimum absolute atomic E-state index is 0.0192. The molecule has 2 aromatic rings. The van der Waals surface area contributed by atoms with Gasteiger partial charge in [0.05, 0.1) is 5.92 Å². The molecule has 3 atom stereocenters. The number of fused-ring (bicyclic) bond motifs is 4. The standard InChI is InChI=1S/C28H33N5O3/c1-19-8-4-11-23(30-19)26(35)31-14-6-13-29-25(34)22-18-20-9-5-17-33(20)28(22)21-10-2-3-12-24(21)32(27(28)36)16-7-15-31/h2-4,8,10-12,20,22H,5-7,9,13-18H2,1H3,(H,29,34)/t20-,22+,28+/m0/s1. The van der Waals surface area contributed by atoms with E-state index in [2.05, 4.69) is 15.2 Å². The van der Waals surface area contributed by atoms with Gasteiger partial charge in [0.25, 0.3) is 11.8 Å². The molecule has 3 saturated heterocycles. The molecule has 3 amide bonds. The lowest BCUT2D eigenvalue weighted by Gasteiger charge is -2.37. The summed E-state index contributed by atoms with van der Waals surface area (Å²) in [5.41, 5.74) is 2.18. The van der Waals surface area contributed by atoms with Crippen LogP contribution in [-0.4, -0.2) is 71.3 Å². The molecule has 2 bridgehead atoms. The zero-order valence-corrected chi connectivity index (χ0v) is 20.8. The van der Waals surface area contributed by atoms with Crippen molar-refractivity contribution in [2.24, 2.45) is 5.92 Å². The van der Waals surface area contributed by atoms with Gasteiger partial charge >= 0.3 is 0 Å². The van der Waals surface area contributed by atoms with Gasteiger partial charge in [-0.1, -0.05) is 24.3 Å². The van der Waals surface area contributed by atoms with Crippen LogP contribution in [0.3, 0.4) is 0 Å². The summed E-state index contributed by atoms with van der Waals surface area (Å²) >= 11 is 0. The molecule has 1 spiro atoms. The van der Waals surface area contributed by atoms with Gasteiger partial charge in [0.2, 0.25) is 5.91 Å². The van der Waals surface area contributed by atoms with E-state index >= 15 is 0 Å². The summed E-state index contributed by atoms with van der Waals surface area (Å²) in [6, 6.07) is 13.7. The van der Waals surface area contributed by atoms with Crippen molar-refractivity contribution < 1.29 is 14.4 Å². The maximum Gasteiger partial charge on any atom is 0.272 e. The van der Waals surface area contributed by atoms with E-state index in [1.165, 1.54) is 0 Å². The van der Waals surface area contributed by atoms with Gasteiger partial charge < -0.3 is 15.1 Å². The second-order valence-electron chi connectivity index (χ2n) is 10.5. The van der Waals surface area contributed by atoms with Crippen molar-refractivity contribution in [1.29, 1.82) is 0 Å². The average Bonchev–Trinajstić information content (AvgIpc) is 3.53. The summed E-state index contributed by atoms with van der Waals surface area (Å²) in [5.74, 6) is -0.546. The minimum Gasteiger partial charge on any atom is -0.356 e. The third-order valence-electron chi connectivity index (χ3n) is 8.44. The van der Waals surface area contributed by atoms with Gasteiger partial charge in [-0.3, -0.25) is 19.3 Å². The third kappa shape index (κ3) is 3.45. The largest absolute Gasteiger partial charge is 0.356 e. The van der Waals surface area contributed by atoms with Crippen LogP contribution in [0.4, 0.5) is 5.69 Å². The van der Waals surface area contributed by atoms with Gasteiger partial charge in [0.1, 0.15) is 11.2 Å². The first kappa shape index (κ1) is 23.2. The van der Waals surface area contributed by atoms with Crippen LogP contribution in [0.1, 0.15) is 53.8 Å². The number of nitrogens with zero attached hydrogens (tertiary/aromatic N) is 4. The molecule has 8 nitrogen and oxygen atoms in total. The van der Waals surface area contributed by atoms with E-state index in [9.17, 15) is 14.4 Å². The monoisotopic (exact) mass is 487 g/mol. The number of hydrogen-bond donors (Lipinski definition) is 1. The molecule has 6 rings (SSSR count). The molecule has 4 aliphatic rings. The van der Waals surface area contributed by atoms with Gasteiger partial charge in [0, 0.05) is 49.2 Å². The Labute approximate surface area is 211 Å². The Hall–Kier alpha value is -3.26. The van der Waals surface area contributed by atoms with Crippen molar-refractivity contribution in [2.45, 2.75) is 50.6 Å². The maximum atomic E-state index is 14.3. The van der Waals surface area contributed by atoms with Crippen LogP contribution < -0.4 is 10.2 Å². The van der Waals surface area contributed by atoms with Crippen molar-refractivity contribution in [3.63, 3.8) is 0 Å². The summed E-state index contributed by atoms with van der Waals surface area (Å²) < 4.78 is 0. The Balaban J connectivity index is 1.35. The van der Waals surface area contributed by atoms with Crippen LogP contribution in [0.15, 0.2) is 42.5 Å². The molecule has 0 unspecified atom stereocenters. The quantitative estimate of drug-likeness (QED) is 0.668. The topological polar surface area (TPSA) is 85.8 Å². The molecule has 0 radical (unpaired) electrons. The van der Waals surface area contributed by atoms with Gasteiger partial charge in [-0.05, 0) is 63.8 Å². The molecule has 0 aliphatic carbocycles. The predicted molar refractivity (Wildman–Crippen MR) is 135 cm³/mol. The number of amides is 3. The smallest absolute Gasteiger partial charge is 0.272 e. The molecule has 1 N–H and O–H groups in total. The zero-order chi connectivity index (χ0) is 24.9. The lowest BCUT2D eigenvalue weighted by molar-refractivity contribution is -0.138. The van der Waals surface area contributed by atoms with Gasteiger partial charge in [-0.15, -0.1) is 0 Å². The molecule has 8 heteroatoms. The van der Waals surface area contributed by atoms with Crippen LogP contribution in [0.25, 0.3) is 0 Å². The van der Waals surface area contributed by atoms with Gasteiger partial charge in [-0.25, -0.2) is 4.98 Å². The number of nitrogens with one attached hydrogen (secondary N) is 1. The van der Waals surface area contributed by atoms with Crippen molar-refractivity contribution in [3.8, 4) is 0 Å². The highest BCUT2D eigenvalue weighted by molar-refractivity contribution is 6.11. The molecule has 1 aromatic carbocycles. The SMILES string of the molecule is Cc1cccc(C(=O)N2CCCNC(=O)[C@H]3C[C@@H]4CCCN4[C@@]34C(=O)N(CCC2)c2ccccc24)n1. The molecule has 188 valence electrons. The lowest BCUT2D eigenvalue weighted by Crippen LogP contribution is -2.56. The minimum atomic E-state index is -0.920. The van der Waals surface area contributed by atoms with E-state index in [0.29, 0.717) is 51.1 Å². The van der Waals surface area contributed by atoms with Crippen LogP contribution in [0, 0.1) is 12.8 Å². The fraction of sp³-hybridized carbons (Fsp3) is 0.500. The molecule has 3 fully saturated rings. The fourth-order valence-corrected chi connectivity index (χ4v) is 6.95. The van der Waals surface area contributed by atoms with Crippen LogP contribution in [0.5, 0.6) is 0 Å². The lowest BCUT2D eigenvalue weighted by atomic mass is 9.78.